The van der Waals surface area contributed by atoms with E-state index in [-0.39, 0.29) is 0 Å². The van der Waals surface area contributed by atoms with Gasteiger partial charge in [0.25, 0.3) is 0 Å². The van der Waals surface area contributed by atoms with Gasteiger partial charge >= 0.3 is 0 Å². The summed E-state index contributed by atoms with van der Waals surface area (Å²) in [5, 5.41) is 2.35. The second-order valence-electron chi connectivity index (χ2n) is 4.05. The molecule has 0 aromatic carbocycles. The van der Waals surface area contributed by atoms with Gasteiger partial charge in [-0.2, -0.15) is 0 Å². The van der Waals surface area contributed by atoms with Crippen LogP contribution in [-0.4, -0.2) is 44.4 Å². The minimum Gasteiger partial charge on any atom is -0.356 e. The van der Waals surface area contributed by atoms with Gasteiger partial charge in [-0.05, 0) is 0 Å². The summed E-state index contributed by atoms with van der Waals surface area (Å²) >= 11 is 0. The van der Waals surface area contributed by atoms with E-state index in [1.807, 2.05) is 4.90 Å². The smallest absolute Gasteiger partial charge is 0.173 e. The lowest BCUT2D eigenvalue weighted by atomic mass is 10.1. The van der Waals surface area contributed by atoms with Crippen LogP contribution in [0.25, 0.3) is 0 Å². The van der Waals surface area contributed by atoms with Crippen LogP contribution in [0.15, 0.2) is 0 Å². The highest BCUT2D eigenvalue weighted by Gasteiger charge is 2.62. The van der Waals surface area contributed by atoms with Crippen molar-refractivity contribution < 1.29 is 15.0 Å². The number of hydrogen-bond donors (Lipinski definition) is 2. The Labute approximate surface area is 66.7 Å². The molecule has 0 radical (unpaired) electrons. The molecule has 3 heterocycles. The maximum Gasteiger partial charge on any atom is 0.173 e. The van der Waals surface area contributed by atoms with Crippen LogP contribution in [0.1, 0.15) is 6.42 Å². The van der Waals surface area contributed by atoms with Crippen molar-refractivity contribution >= 4 is 0 Å². The molecule has 0 aromatic heterocycles. The molecular weight excluding hydrogens is 140 g/mol. The van der Waals surface area contributed by atoms with Crippen molar-refractivity contribution in [2.24, 2.45) is 0 Å². The van der Waals surface area contributed by atoms with Crippen molar-refractivity contribution in [2.75, 3.05) is 20.1 Å². The van der Waals surface area contributed by atoms with Crippen LogP contribution in [0.5, 0.6) is 0 Å². The van der Waals surface area contributed by atoms with Crippen molar-refractivity contribution in [1.29, 1.82) is 0 Å². The monoisotopic (exact) mass is 156 g/mol. The molecule has 3 nitrogen and oxygen atoms in total. The molecule has 1 unspecified atom stereocenters. The van der Waals surface area contributed by atoms with Crippen molar-refractivity contribution in [1.82, 2.24) is 0 Å². The topological polar surface area (TPSA) is 30.3 Å². The van der Waals surface area contributed by atoms with E-state index in [2.05, 4.69) is 12.4 Å². The van der Waals surface area contributed by atoms with Gasteiger partial charge in [0.1, 0.15) is 12.6 Å². The third-order valence-electron chi connectivity index (χ3n) is 3.66. The zero-order chi connectivity index (χ0) is 7.42. The maximum atomic E-state index is 5.90. The molecule has 2 bridgehead atoms. The minimum atomic E-state index is 0.576. The molecule has 11 heavy (non-hydrogen) atoms. The Bertz CT molecular complexity index is 171. The van der Waals surface area contributed by atoms with Crippen molar-refractivity contribution in [2.45, 2.75) is 30.7 Å². The maximum absolute atomic E-state index is 5.90. The predicted molar refractivity (Wildman–Crippen MR) is 39.4 cm³/mol. The molecule has 62 valence electrons. The third kappa shape index (κ3) is 0.643. The number of nitrogens with two attached hydrogens (primary N) is 1. The van der Waals surface area contributed by atoms with Crippen LogP contribution in [0, 0.1) is 0 Å². The lowest BCUT2D eigenvalue weighted by Gasteiger charge is -2.17. The average Bonchev–Trinajstić information content (AvgIpc) is 2.55. The number of nitrogens with one attached hydrogen (secondary N) is 1. The van der Waals surface area contributed by atoms with E-state index in [1.165, 1.54) is 19.5 Å². The van der Waals surface area contributed by atoms with E-state index in [4.69, 9.17) is 4.74 Å². The molecular formula is C8H16N2O+2. The van der Waals surface area contributed by atoms with Gasteiger partial charge in [-0.1, -0.05) is 0 Å². The Morgan fingerprint density at radius 2 is 2.36 bits per heavy atom. The highest BCUT2D eigenvalue weighted by atomic mass is 16.5. The van der Waals surface area contributed by atoms with E-state index in [0.29, 0.717) is 12.2 Å². The Kier molecular flexibility index (Phi) is 1.15. The van der Waals surface area contributed by atoms with E-state index in [0.717, 1.165) is 12.1 Å². The van der Waals surface area contributed by atoms with E-state index in [9.17, 15) is 0 Å². The van der Waals surface area contributed by atoms with Crippen molar-refractivity contribution in [3.63, 3.8) is 0 Å². The summed E-state index contributed by atoms with van der Waals surface area (Å²) in [4.78, 5) is 1.81. The number of fused-ring (bicyclic) bond motifs is 1. The summed E-state index contributed by atoms with van der Waals surface area (Å²) in [6.45, 7) is 2.63. The summed E-state index contributed by atoms with van der Waals surface area (Å²) in [6.07, 6.45) is 2.50. The molecule has 0 saturated carbocycles. The molecule has 3 saturated heterocycles. The number of hydrogen-bond acceptors (Lipinski definition) is 1. The fourth-order valence-electron chi connectivity index (χ4n) is 3.26. The Balaban J connectivity index is 1.93. The highest BCUT2D eigenvalue weighted by molar-refractivity contribution is 4.97. The first-order valence-electron chi connectivity index (χ1n) is 4.69. The van der Waals surface area contributed by atoms with Crippen LogP contribution in [-0.2, 0) is 4.74 Å². The summed E-state index contributed by atoms with van der Waals surface area (Å²) in [5.41, 5.74) is 0. The number of morpholine rings is 1. The first kappa shape index (κ1) is 6.40. The van der Waals surface area contributed by atoms with Gasteiger partial charge in [-0.3, -0.25) is 0 Å². The molecule has 3 N–H and O–H groups in total. The molecule has 5 atom stereocenters. The molecule has 0 aliphatic carbocycles. The van der Waals surface area contributed by atoms with E-state index in [1.54, 1.807) is 0 Å². The van der Waals surface area contributed by atoms with E-state index < -0.39 is 0 Å². The number of ether oxygens (including phenoxy) is 1. The Morgan fingerprint density at radius 1 is 1.45 bits per heavy atom. The molecule has 0 aromatic rings. The van der Waals surface area contributed by atoms with Crippen LogP contribution >= 0.6 is 0 Å². The Morgan fingerprint density at radius 3 is 3.00 bits per heavy atom. The molecule has 3 aliphatic rings. The van der Waals surface area contributed by atoms with Crippen LogP contribution in [0.2, 0.25) is 0 Å². The van der Waals surface area contributed by atoms with E-state index >= 15 is 0 Å². The van der Waals surface area contributed by atoms with Gasteiger partial charge in [-0.25, -0.2) is 0 Å². The standard InChI is InChI=1S/C8H14N2O/c1-9-7-6-4-10-3-2-5(11-6)8(7)10/h5-9H,2-4H2,1H3/p+2/t5-,6+,7+,8+/m0/s1. The SMILES string of the molecule is C[NH2+][C@H]1[C@H]2[C@@H]3CC[NH+]2C[C@H]1O3. The van der Waals surface area contributed by atoms with Gasteiger partial charge in [0.2, 0.25) is 0 Å². The summed E-state index contributed by atoms with van der Waals surface area (Å²) < 4.78 is 5.90. The molecule has 0 amide bonds. The summed E-state index contributed by atoms with van der Waals surface area (Å²) in [6, 6.07) is 1.61. The van der Waals surface area contributed by atoms with Crippen molar-refractivity contribution in [3.05, 3.63) is 0 Å². The normalized spacial score (nSPS) is 59.2. The molecule has 3 aliphatic heterocycles. The lowest BCUT2D eigenvalue weighted by molar-refractivity contribution is -0.915. The van der Waals surface area contributed by atoms with Gasteiger partial charge in [-0.15, -0.1) is 0 Å². The molecule has 3 heteroatoms. The summed E-state index contributed by atoms with van der Waals surface area (Å²) in [5.74, 6) is 0. The fraction of sp³-hybridized carbons (Fsp3) is 1.00. The third-order valence-corrected chi connectivity index (χ3v) is 3.66. The first-order valence-corrected chi connectivity index (χ1v) is 4.69. The van der Waals surface area contributed by atoms with Crippen LogP contribution in [0.4, 0.5) is 0 Å². The van der Waals surface area contributed by atoms with Gasteiger partial charge in [0, 0.05) is 6.42 Å². The van der Waals surface area contributed by atoms with Gasteiger partial charge < -0.3 is 15.0 Å². The zero-order valence-electron chi connectivity index (χ0n) is 6.92. The minimum absolute atomic E-state index is 0.576. The second-order valence-corrected chi connectivity index (χ2v) is 4.05. The quantitative estimate of drug-likeness (QED) is 0.416. The zero-order valence-corrected chi connectivity index (χ0v) is 6.92. The highest BCUT2D eigenvalue weighted by Crippen LogP contribution is 2.26. The second kappa shape index (κ2) is 1.97. The number of rotatable bonds is 1. The van der Waals surface area contributed by atoms with Gasteiger partial charge in [0.05, 0.1) is 13.6 Å². The van der Waals surface area contributed by atoms with Crippen LogP contribution in [0.3, 0.4) is 0 Å². The Hall–Kier alpha value is -0.120. The average molecular weight is 156 g/mol. The fourth-order valence-corrected chi connectivity index (χ4v) is 3.26. The van der Waals surface area contributed by atoms with Crippen molar-refractivity contribution in [3.8, 4) is 0 Å². The number of quaternary nitrogens is 2. The van der Waals surface area contributed by atoms with Gasteiger partial charge in [0.15, 0.2) is 18.2 Å². The molecule has 3 fully saturated rings. The number of likely N-dealkylation sites (N-methyl/N-ethyl adjacent to an activating group) is 1. The lowest BCUT2D eigenvalue weighted by Crippen LogP contribution is -3.15. The molecule has 0 spiro atoms. The largest absolute Gasteiger partial charge is 0.356 e. The molecule has 3 rings (SSSR count). The first-order chi connectivity index (χ1) is 5.40. The summed E-state index contributed by atoms with van der Waals surface area (Å²) in [7, 11) is 2.19. The van der Waals surface area contributed by atoms with Crippen LogP contribution < -0.4 is 10.2 Å². The predicted octanol–water partition coefficient (Wildman–Crippen LogP) is -3.01.